The molecule has 2 saturated heterocycles. The van der Waals surface area contributed by atoms with Crippen LogP contribution in [0.4, 0.5) is 0 Å². The summed E-state index contributed by atoms with van der Waals surface area (Å²) >= 11 is 0. The largest absolute Gasteiger partial charge is 0.356 e. The van der Waals surface area contributed by atoms with Crippen molar-refractivity contribution in [2.24, 2.45) is 5.92 Å². The zero-order chi connectivity index (χ0) is 16.9. The highest BCUT2D eigenvalue weighted by Crippen LogP contribution is 2.33. The van der Waals surface area contributed by atoms with Gasteiger partial charge in [-0.15, -0.1) is 0 Å². The molecule has 2 aromatic rings. The van der Waals surface area contributed by atoms with Crippen LogP contribution in [0.25, 0.3) is 11.0 Å². The molecule has 4 rings (SSSR count). The SMILES string of the molecule is CS(=O)(=O)N1C[C@@H]2CCN(C(=O)Cc3noc4ccccc34)[C@@H]2C1. The lowest BCUT2D eigenvalue weighted by molar-refractivity contribution is -0.131. The minimum Gasteiger partial charge on any atom is -0.356 e. The van der Waals surface area contributed by atoms with Crippen molar-refractivity contribution >= 4 is 26.9 Å². The second-order valence-corrected chi connectivity index (χ2v) is 8.57. The molecule has 8 heteroatoms. The lowest BCUT2D eigenvalue weighted by atomic mass is 10.0. The van der Waals surface area contributed by atoms with Crippen molar-refractivity contribution in [3.63, 3.8) is 0 Å². The molecule has 2 fully saturated rings. The van der Waals surface area contributed by atoms with Gasteiger partial charge in [0.2, 0.25) is 15.9 Å². The Morgan fingerprint density at radius 2 is 2.12 bits per heavy atom. The van der Waals surface area contributed by atoms with Crippen LogP contribution in [-0.4, -0.2) is 60.6 Å². The number of rotatable bonds is 3. The van der Waals surface area contributed by atoms with Gasteiger partial charge in [0.15, 0.2) is 5.58 Å². The summed E-state index contributed by atoms with van der Waals surface area (Å²) in [5.74, 6) is 0.217. The van der Waals surface area contributed by atoms with Crippen LogP contribution in [0.5, 0.6) is 0 Å². The van der Waals surface area contributed by atoms with E-state index in [9.17, 15) is 13.2 Å². The Morgan fingerprint density at radius 1 is 1.33 bits per heavy atom. The Kier molecular flexibility index (Phi) is 3.61. The van der Waals surface area contributed by atoms with Crippen molar-refractivity contribution in [3.05, 3.63) is 30.0 Å². The zero-order valence-corrected chi connectivity index (χ0v) is 14.2. The Hall–Kier alpha value is -1.93. The topological polar surface area (TPSA) is 83.7 Å². The van der Waals surface area contributed by atoms with E-state index in [2.05, 4.69) is 5.16 Å². The fourth-order valence-corrected chi connectivity index (χ4v) is 4.70. The number of fused-ring (bicyclic) bond motifs is 2. The second kappa shape index (κ2) is 5.56. The summed E-state index contributed by atoms with van der Waals surface area (Å²) in [6.45, 7) is 1.59. The van der Waals surface area contributed by atoms with Gasteiger partial charge in [0, 0.05) is 31.1 Å². The highest BCUT2D eigenvalue weighted by atomic mass is 32.2. The zero-order valence-electron chi connectivity index (χ0n) is 13.4. The molecule has 0 spiro atoms. The Bertz CT molecular complexity index is 892. The summed E-state index contributed by atoms with van der Waals surface area (Å²) < 4.78 is 30.2. The third-order valence-electron chi connectivity index (χ3n) is 5.07. The van der Waals surface area contributed by atoms with Crippen LogP contribution in [0, 0.1) is 5.92 Å². The van der Waals surface area contributed by atoms with E-state index in [0.29, 0.717) is 30.9 Å². The van der Waals surface area contributed by atoms with Gasteiger partial charge in [0.05, 0.1) is 12.7 Å². The number of para-hydroxylation sites is 1. The summed E-state index contributed by atoms with van der Waals surface area (Å²) in [7, 11) is -3.20. The minimum atomic E-state index is -3.20. The van der Waals surface area contributed by atoms with Gasteiger partial charge >= 0.3 is 0 Å². The van der Waals surface area contributed by atoms with Crippen molar-refractivity contribution < 1.29 is 17.7 Å². The maximum absolute atomic E-state index is 12.7. The highest BCUT2D eigenvalue weighted by Gasteiger charge is 2.45. The maximum Gasteiger partial charge on any atom is 0.229 e. The number of hydrogen-bond acceptors (Lipinski definition) is 5. The number of benzene rings is 1. The molecule has 3 heterocycles. The average Bonchev–Trinajstić information content (AvgIpc) is 3.20. The summed E-state index contributed by atoms with van der Waals surface area (Å²) in [6, 6.07) is 7.44. The van der Waals surface area contributed by atoms with Gasteiger partial charge in [-0.25, -0.2) is 8.42 Å². The van der Waals surface area contributed by atoms with E-state index in [1.54, 1.807) is 0 Å². The van der Waals surface area contributed by atoms with Crippen LogP contribution in [0.15, 0.2) is 28.8 Å². The Morgan fingerprint density at radius 3 is 2.92 bits per heavy atom. The van der Waals surface area contributed by atoms with Crippen LogP contribution in [0.1, 0.15) is 12.1 Å². The summed E-state index contributed by atoms with van der Waals surface area (Å²) in [5.41, 5.74) is 1.31. The summed E-state index contributed by atoms with van der Waals surface area (Å²) in [5, 5.41) is 4.87. The molecule has 0 saturated carbocycles. The van der Waals surface area contributed by atoms with E-state index in [0.717, 1.165) is 11.8 Å². The normalized spacial score (nSPS) is 24.6. The first-order chi connectivity index (χ1) is 11.4. The molecule has 128 valence electrons. The maximum atomic E-state index is 12.7. The lowest BCUT2D eigenvalue weighted by Crippen LogP contribution is -2.41. The molecule has 1 amide bonds. The molecule has 0 bridgehead atoms. The second-order valence-electron chi connectivity index (χ2n) is 6.59. The number of hydrogen-bond donors (Lipinski definition) is 0. The fourth-order valence-electron chi connectivity index (χ4n) is 3.81. The molecular formula is C16H19N3O4S. The number of nitrogens with zero attached hydrogens (tertiary/aromatic N) is 3. The summed E-state index contributed by atoms with van der Waals surface area (Å²) in [6.07, 6.45) is 2.25. The standard InChI is InChI=1S/C16H19N3O4S/c1-24(21,22)18-9-11-6-7-19(14(11)10-18)16(20)8-13-12-4-2-3-5-15(12)23-17-13/h2-5,11,14H,6-10H2,1H3/t11-,14+/m0/s1. The van der Waals surface area contributed by atoms with E-state index in [1.807, 2.05) is 29.2 Å². The van der Waals surface area contributed by atoms with Crippen molar-refractivity contribution in [2.75, 3.05) is 25.9 Å². The molecule has 0 aliphatic carbocycles. The predicted molar refractivity (Wildman–Crippen MR) is 87.7 cm³/mol. The number of carbonyl (C=O) groups is 1. The number of sulfonamides is 1. The van der Waals surface area contributed by atoms with E-state index in [1.165, 1.54) is 10.6 Å². The van der Waals surface area contributed by atoms with Crippen molar-refractivity contribution in [2.45, 2.75) is 18.9 Å². The van der Waals surface area contributed by atoms with Gasteiger partial charge in [-0.3, -0.25) is 4.79 Å². The fraction of sp³-hybridized carbons (Fsp3) is 0.500. The molecule has 2 aliphatic rings. The smallest absolute Gasteiger partial charge is 0.229 e. The average molecular weight is 349 g/mol. The van der Waals surface area contributed by atoms with Gasteiger partial charge in [0.25, 0.3) is 0 Å². The molecule has 0 radical (unpaired) electrons. The van der Waals surface area contributed by atoms with Crippen LogP contribution in [0.2, 0.25) is 0 Å². The number of likely N-dealkylation sites (tertiary alicyclic amines) is 1. The molecule has 0 unspecified atom stereocenters. The minimum absolute atomic E-state index is 0.0168. The van der Waals surface area contributed by atoms with E-state index in [-0.39, 0.29) is 24.3 Å². The van der Waals surface area contributed by atoms with E-state index < -0.39 is 10.0 Å². The predicted octanol–water partition coefficient (Wildman–Crippen LogP) is 0.863. The number of aromatic nitrogens is 1. The molecule has 24 heavy (non-hydrogen) atoms. The molecule has 0 N–H and O–H groups in total. The molecule has 2 atom stereocenters. The molecule has 7 nitrogen and oxygen atoms in total. The highest BCUT2D eigenvalue weighted by molar-refractivity contribution is 7.88. The number of carbonyl (C=O) groups excluding carboxylic acids is 1. The third-order valence-corrected chi connectivity index (χ3v) is 6.31. The van der Waals surface area contributed by atoms with Gasteiger partial charge in [0.1, 0.15) is 5.69 Å². The summed E-state index contributed by atoms with van der Waals surface area (Å²) in [4.78, 5) is 14.6. The van der Waals surface area contributed by atoms with Gasteiger partial charge in [-0.05, 0) is 24.5 Å². The van der Waals surface area contributed by atoms with Crippen molar-refractivity contribution in [1.82, 2.24) is 14.4 Å². The van der Waals surface area contributed by atoms with Crippen molar-refractivity contribution in [3.8, 4) is 0 Å². The van der Waals surface area contributed by atoms with Crippen LogP contribution in [0.3, 0.4) is 0 Å². The van der Waals surface area contributed by atoms with Crippen molar-refractivity contribution in [1.29, 1.82) is 0 Å². The quantitative estimate of drug-likeness (QED) is 0.821. The lowest BCUT2D eigenvalue weighted by Gasteiger charge is -2.24. The first-order valence-electron chi connectivity index (χ1n) is 8.01. The van der Waals surface area contributed by atoms with Crippen LogP contribution >= 0.6 is 0 Å². The molecule has 1 aromatic heterocycles. The van der Waals surface area contributed by atoms with Gasteiger partial charge in [-0.2, -0.15) is 4.31 Å². The monoisotopic (exact) mass is 349 g/mol. The van der Waals surface area contributed by atoms with E-state index in [4.69, 9.17) is 4.52 Å². The molecule has 1 aromatic carbocycles. The van der Waals surface area contributed by atoms with Gasteiger partial charge < -0.3 is 9.42 Å². The van der Waals surface area contributed by atoms with Gasteiger partial charge in [-0.1, -0.05) is 17.3 Å². The first-order valence-corrected chi connectivity index (χ1v) is 9.86. The Balaban J connectivity index is 1.51. The Labute approximate surface area is 140 Å². The van der Waals surface area contributed by atoms with E-state index >= 15 is 0 Å². The van der Waals surface area contributed by atoms with Crippen LogP contribution in [-0.2, 0) is 21.2 Å². The molecule has 2 aliphatic heterocycles. The number of amides is 1. The third kappa shape index (κ3) is 2.59. The van der Waals surface area contributed by atoms with Crippen LogP contribution < -0.4 is 0 Å². The molecular weight excluding hydrogens is 330 g/mol. The first kappa shape index (κ1) is 15.6.